The van der Waals surface area contributed by atoms with Crippen LogP contribution in [0.25, 0.3) is 0 Å². The topological polar surface area (TPSA) is 63.8 Å². The maximum Gasteiger partial charge on any atom is 0.169 e. The molecule has 0 bridgehead atoms. The molecule has 1 heterocycles. The van der Waals surface area contributed by atoms with E-state index in [1.54, 1.807) is 5.38 Å². The summed E-state index contributed by atoms with van der Waals surface area (Å²) in [6, 6.07) is 0. The van der Waals surface area contributed by atoms with E-state index in [0.29, 0.717) is 5.82 Å². The Balaban J connectivity index is 2.58. The molecule has 0 aromatic carbocycles. The largest absolute Gasteiger partial charge is 0.376 e. The molecule has 4 nitrogen and oxygen atoms in total. The van der Waals surface area contributed by atoms with E-state index >= 15 is 0 Å². The Bertz CT molecular complexity index is 194. The highest BCUT2D eigenvalue weighted by molar-refractivity contribution is 7.80. The predicted molar refractivity (Wildman–Crippen MR) is 40.3 cm³/mol. The Morgan fingerprint density at radius 1 is 1.89 bits per heavy atom. The van der Waals surface area contributed by atoms with Crippen LogP contribution >= 0.6 is 23.8 Å². The van der Waals surface area contributed by atoms with Crippen LogP contribution in [0.1, 0.15) is 0 Å². The van der Waals surface area contributed by atoms with Gasteiger partial charge in [-0.15, -0.1) is 5.10 Å². The predicted octanol–water partition coefficient (Wildman–Crippen LogP) is 0.194. The van der Waals surface area contributed by atoms with Crippen LogP contribution in [-0.4, -0.2) is 14.7 Å². The molecule has 0 aliphatic carbocycles. The molecule has 0 aliphatic rings. The van der Waals surface area contributed by atoms with Gasteiger partial charge in [0.05, 0.1) is 5.38 Å². The quantitative estimate of drug-likeness (QED) is 0.574. The first kappa shape index (κ1) is 6.37. The Kier molecular flexibility index (Phi) is 1.91. The number of aromatic nitrogens is 2. The standard InChI is InChI=1S/C3H4N4S2/c4-3(8)5-2-1-9-7-6-2/h1H,(H3,4,5,8). The maximum absolute atomic E-state index is 5.14. The molecule has 48 valence electrons. The molecule has 0 fully saturated rings. The highest BCUT2D eigenvalue weighted by atomic mass is 32.1. The number of anilines is 1. The Hall–Kier alpha value is -0.750. The van der Waals surface area contributed by atoms with E-state index in [4.69, 9.17) is 5.73 Å². The van der Waals surface area contributed by atoms with Crippen molar-refractivity contribution in [2.75, 3.05) is 5.32 Å². The van der Waals surface area contributed by atoms with Gasteiger partial charge in [-0.2, -0.15) is 0 Å². The third-order valence-electron chi connectivity index (χ3n) is 0.611. The summed E-state index contributed by atoms with van der Waals surface area (Å²) in [4.78, 5) is 0. The Morgan fingerprint density at radius 2 is 2.67 bits per heavy atom. The fraction of sp³-hybridized carbons (Fsp3) is 0. The summed E-state index contributed by atoms with van der Waals surface area (Å²) < 4.78 is 3.59. The molecule has 1 rings (SSSR count). The van der Waals surface area contributed by atoms with Gasteiger partial charge in [-0.1, -0.05) is 4.49 Å². The zero-order valence-corrected chi connectivity index (χ0v) is 6.00. The van der Waals surface area contributed by atoms with Crippen LogP contribution < -0.4 is 11.1 Å². The van der Waals surface area contributed by atoms with Crippen LogP contribution in [0.2, 0.25) is 0 Å². The molecule has 1 aromatic rings. The van der Waals surface area contributed by atoms with E-state index in [-0.39, 0.29) is 5.11 Å². The van der Waals surface area contributed by atoms with Crippen molar-refractivity contribution in [3.8, 4) is 0 Å². The van der Waals surface area contributed by atoms with E-state index in [2.05, 4.69) is 27.1 Å². The van der Waals surface area contributed by atoms with E-state index < -0.39 is 0 Å². The number of nitrogens with zero attached hydrogens (tertiary/aromatic N) is 2. The van der Waals surface area contributed by atoms with Crippen LogP contribution in [0, 0.1) is 0 Å². The lowest BCUT2D eigenvalue weighted by molar-refractivity contribution is 1.16. The number of thiocarbonyl (C=S) groups is 1. The van der Waals surface area contributed by atoms with Crippen molar-refractivity contribution in [1.82, 2.24) is 9.59 Å². The van der Waals surface area contributed by atoms with E-state index in [1.807, 2.05) is 0 Å². The Morgan fingerprint density at radius 3 is 3.11 bits per heavy atom. The minimum absolute atomic E-state index is 0.211. The molecule has 0 spiro atoms. The van der Waals surface area contributed by atoms with Gasteiger partial charge in [0.15, 0.2) is 10.9 Å². The lowest BCUT2D eigenvalue weighted by atomic mass is 10.8. The van der Waals surface area contributed by atoms with Crippen molar-refractivity contribution in [1.29, 1.82) is 0 Å². The second-order valence-corrected chi connectivity index (χ2v) is 2.33. The van der Waals surface area contributed by atoms with Gasteiger partial charge in [0, 0.05) is 0 Å². The minimum atomic E-state index is 0.211. The summed E-state index contributed by atoms with van der Waals surface area (Å²) in [6.07, 6.45) is 0. The average Bonchev–Trinajstić information content (AvgIpc) is 2.15. The smallest absolute Gasteiger partial charge is 0.169 e. The molecule has 9 heavy (non-hydrogen) atoms. The third-order valence-corrected chi connectivity index (χ3v) is 1.22. The van der Waals surface area contributed by atoms with Gasteiger partial charge in [0.25, 0.3) is 0 Å². The monoisotopic (exact) mass is 160 g/mol. The highest BCUT2D eigenvalue weighted by Gasteiger charge is 1.92. The van der Waals surface area contributed by atoms with Gasteiger partial charge in [-0.05, 0) is 23.8 Å². The van der Waals surface area contributed by atoms with E-state index in [0.717, 1.165) is 0 Å². The summed E-state index contributed by atoms with van der Waals surface area (Å²) in [7, 11) is 0. The van der Waals surface area contributed by atoms with Crippen molar-refractivity contribution in [2.45, 2.75) is 0 Å². The van der Waals surface area contributed by atoms with Crippen molar-refractivity contribution >= 4 is 34.7 Å². The third kappa shape index (κ3) is 1.90. The molecular formula is C3H4N4S2. The zero-order chi connectivity index (χ0) is 6.69. The normalized spacial score (nSPS) is 8.89. The second kappa shape index (κ2) is 2.70. The van der Waals surface area contributed by atoms with Crippen LogP contribution in [0.3, 0.4) is 0 Å². The molecule has 0 saturated carbocycles. The van der Waals surface area contributed by atoms with Crippen LogP contribution in [-0.2, 0) is 0 Å². The fourth-order valence-electron chi connectivity index (χ4n) is 0.345. The van der Waals surface area contributed by atoms with Gasteiger partial charge in [0.1, 0.15) is 0 Å². The first-order chi connectivity index (χ1) is 4.29. The average molecular weight is 160 g/mol. The lowest BCUT2D eigenvalue weighted by Gasteiger charge is -1.93. The number of rotatable bonds is 1. The van der Waals surface area contributed by atoms with Gasteiger partial charge < -0.3 is 11.1 Å². The highest BCUT2D eigenvalue weighted by Crippen LogP contribution is 2.01. The Labute approximate surface area is 61.2 Å². The molecule has 3 N–H and O–H groups in total. The number of hydrogen-bond acceptors (Lipinski definition) is 4. The molecular weight excluding hydrogens is 156 g/mol. The number of hydrogen-bond donors (Lipinski definition) is 2. The van der Waals surface area contributed by atoms with Gasteiger partial charge in [-0.3, -0.25) is 0 Å². The molecule has 0 saturated heterocycles. The molecule has 0 amide bonds. The minimum Gasteiger partial charge on any atom is -0.376 e. The van der Waals surface area contributed by atoms with Crippen LogP contribution in [0.15, 0.2) is 5.38 Å². The van der Waals surface area contributed by atoms with E-state index in [9.17, 15) is 0 Å². The van der Waals surface area contributed by atoms with Crippen LogP contribution in [0.5, 0.6) is 0 Å². The van der Waals surface area contributed by atoms with Crippen molar-refractivity contribution < 1.29 is 0 Å². The summed E-state index contributed by atoms with van der Waals surface area (Å²) in [5, 5.41) is 8.21. The molecule has 0 unspecified atom stereocenters. The fourth-order valence-corrected chi connectivity index (χ4v) is 0.838. The van der Waals surface area contributed by atoms with Gasteiger partial charge in [-0.25, -0.2) is 0 Å². The maximum atomic E-state index is 5.14. The summed E-state index contributed by atoms with van der Waals surface area (Å²) in [5.41, 5.74) is 5.14. The van der Waals surface area contributed by atoms with E-state index in [1.165, 1.54) is 11.5 Å². The SMILES string of the molecule is NC(=S)Nc1csnn1. The molecule has 6 heteroatoms. The van der Waals surface area contributed by atoms with Crippen molar-refractivity contribution in [2.24, 2.45) is 5.73 Å². The zero-order valence-electron chi connectivity index (χ0n) is 4.37. The van der Waals surface area contributed by atoms with Crippen LogP contribution in [0.4, 0.5) is 5.82 Å². The lowest BCUT2D eigenvalue weighted by Crippen LogP contribution is -2.18. The van der Waals surface area contributed by atoms with Gasteiger partial charge >= 0.3 is 0 Å². The molecule has 0 aliphatic heterocycles. The first-order valence-electron chi connectivity index (χ1n) is 2.12. The summed E-state index contributed by atoms with van der Waals surface area (Å²) in [6.45, 7) is 0. The summed E-state index contributed by atoms with van der Waals surface area (Å²) >= 11 is 5.79. The molecule has 1 aromatic heterocycles. The van der Waals surface area contributed by atoms with Crippen molar-refractivity contribution in [3.05, 3.63) is 5.38 Å². The van der Waals surface area contributed by atoms with Crippen molar-refractivity contribution in [3.63, 3.8) is 0 Å². The molecule has 0 atom stereocenters. The first-order valence-corrected chi connectivity index (χ1v) is 3.37. The summed E-state index contributed by atoms with van der Waals surface area (Å²) in [5.74, 6) is 0.604. The number of nitrogens with one attached hydrogen (secondary N) is 1. The molecule has 0 radical (unpaired) electrons. The second-order valence-electron chi connectivity index (χ2n) is 1.28. The number of nitrogens with two attached hydrogens (primary N) is 1. The van der Waals surface area contributed by atoms with Gasteiger partial charge in [0.2, 0.25) is 0 Å².